The third-order valence-electron chi connectivity index (χ3n) is 4.54. The van der Waals surface area contributed by atoms with Crippen molar-refractivity contribution in [3.63, 3.8) is 0 Å². The van der Waals surface area contributed by atoms with Gasteiger partial charge in [-0.15, -0.1) is 10.2 Å². The molecule has 0 N–H and O–H groups in total. The fourth-order valence-electron chi connectivity index (χ4n) is 3.26. The molecule has 0 spiro atoms. The molecule has 0 aliphatic carbocycles. The molecular weight excluding hydrogens is 304 g/mol. The summed E-state index contributed by atoms with van der Waals surface area (Å²) in [4.78, 5) is 15.0. The highest BCUT2D eigenvalue weighted by Gasteiger charge is 2.26. The standard InChI is InChI=1S/C16H20N8/c1-22-15(11-23-8-6-18-12-23)20-21-16(22)13-3-2-7-24(10-13)14-9-17-4-5-19-14/h4-6,8-9,12-13H,2-3,7,10-11H2,1H3/t13-/m1/s1. The molecule has 1 atom stereocenters. The van der Waals surface area contributed by atoms with E-state index in [1.165, 1.54) is 0 Å². The van der Waals surface area contributed by atoms with Crippen LogP contribution in [0.25, 0.3) is 0 Å². The van der Waals surface area contributed by atoms with Crippen molar-refractivity contribution in [2.24, 2.45) is 7.05 Å². The molecule has 4 heterocycles. The fourth-order valence-corrected chi connectivity index (χ4v) is 3.26. The molecule has 0 unspecified atom stereocenters. The molecule has 1 fully saturated rings. The van der Waals surface area contributed by atoms with Crippen LogP contribution in [-0.4, -0.2) is 47.4 Å². The summed E-state index contributed by atoms with van der Waals surface area (Å²) in [7, 11) is 2.04. The summed E-state index contributed by atoms with van der Waals surface area (Å²) in [6, 6.07) is 0. The van der Waals surface area contributed by atoms with E-state index in [0.29, 0.717) is 12.5 Å². The maximum atomic E-state index is 4.46. The number of rotatable bonds is 4. The quantitative estimate of drug-likeness (QED) is 0.718. The first kappa shape index (κ1) is 14.8. The number of imidazole rings is 1. The van der Waals surface area contributed by atoms with Crippen molar-refractivity contribution in [1.29, 1.82) is 0 Å². The third-order valence-corrected chi connectivity index (χ3v) is 4.54. The molecule has 0 amide bonds. The van der Waals surface area contributed by atoms with Crippen molar-refractivity contribution in [3.8, 4) is 0 Å². The largest absolute Gasteiger partial charge is 0.355 e. The van der Waals surface area contributed by atoms with Gasteiger partial charge in [0, 0.05) is 50.8 Å². The van der Waals surface area contributed by atoms with Gasteiger partial charge in [-0.05, 0) is 12.8 Å². The van der Waals surface area contributed by atoms with E-state index in [1.54, 1.807) is 24.9 Å². The first-order valence-corrected chi connectivity index (χ1v) is 8.16. The maximum Gasteiger partial charge on any atom is 0.152 e. The maximum absolute atomic E-state index is 4.46. The van der Waals surface area contributed by atoms with E-state index in [-0.39, 0.29) is 0 Å². The van der Waals surface area contributed by atoms with Gasteiger partial charge in [-0.1, -0.05) is 0 Å². The van der Waals surface area contributed by atoms with Gasteiger partial charge in [0.05, 0.1) is 19.1 Å². The lowest BCUT2D eigenvalue weighted by molar-refractivity contribution is 0.475. The summed E-state index contributed by atoms with van der Waals surface area (Å²) in [6.45, 7) is 2.59. The zero-order valence-corrected chi connectivity index (χ0v) is 13.7. The van der Waals surface area contributed by atoms with Gasteiger partial charge >= 0.3 is 0 Å². The minimum absolute atomic E-state index is 0.356. The highest BCUT2D eigenvalue weighted by molar-refractivity contribution is 5.36. The van der Waals surface area contributed by atoms with Gasteiger partial charge in [0.25, 0.3) is 0 Å². The van der Waals surface area contributed by atoms with Gasteiger partial charge in [0.2, 0.25) is 0 Å². The summed E-state index contributed by atoms with van der Waals surface area (Å²) < 4.78 is 4.12. The van der Waals surface area contributed by atoms with Gasteiger partial charge < -0.3 is 14.0 Å². The second-order valence-electron chi connectivity index (χ2n) is 6.12. The Kier molecular flexibility index (Phi) is 3.94. The summed E-state index contributed by atoms with van der Waals surface area (Å²) in [6.07, 6.45) is 13.0. The lowest BCUT2D eigenvalue weighted by Crippen LogP contribution is -2.35. The van der Waals surface area contributed by atoms with Crippen molar-refractivity contribution in [2.45, 2.75) is 25.3 Å². The number of hydrogen-bond acceptors (Lipinski definition) is 6. The average Bonchev–Trinajstić information content (AvgIpc) is 3.27. The zero-order chi connectivity index (χ0) is 16.4. The van der Waals surface area contributed by atoms with Crippen LogP contribution in [0, 0.1) is 0 Å². The van der Waals surface area contributed by atoms with Crippen molar-refractivity contribution in [1.82, 2.24) is 34.3 Å². The molecule has 0 bridgehead atoms. The van der Waals surface area contributed by atoms with E-state index in [4.69, 9.17) is 0 Å². The van der Waals surface area contributed by atoms with Crippen LogP contribution in [0.3, 0.4) is 0 Å². The van der Waals surface area contributed by atoms with E-state index >= 15 is 0 Å². The minimum atomic E-state index is 0.356. The van der Waals surface area contributed by atoms with Crippen LogP contribution in [0.15, 0.2) is 37.3 Å². The smallest absolute Gasteiger partial charge is 0.152 e. The Morgan fingerprint density at radius 2 is 2.12 bits per heavy atom. The van der Waals surface area contributed by atoms with Crippen LogP contribution in [0.2, 0.25) is 0 Å². The van der Waals surface area contributed by atoms with Crippen LogP contribution in [-0.2, 0) is 13.6 Å². The molecule has 3 aromatic rings. The monoisotopic (exact) mass is 324 g/mol. The Morgan fingerprint density at radius 1 is 1.17 bits per heavy atom. The lowest BCUT2D eigenvalue weighted by atomic mass is 9.97. The molecule has 1 aliphatic rings. The predicted octanol–water partition coefficient (Wildman–Crippen LogP) is 1.23. The molecular formula is C16H20N8. The SMILES string of the molecule is Cn1c(Cn2ccnc2)nnc1[C@@H]1CCCN(c2cnccn2)C1. The molecule has 24 heavy (non-hydrogen) atoms. The zero-order valence-electron chi connectivity index (χ0n) is 13.7. The van der Waals surface area contributed by atoms with E-state index in [1.807, 2.05) is 24.0 Å². The molecule has 4 rings (SSSR count). The molecule has 8 nitrogen and oxygen atoms in total. The van der Waals surface area contributed by atoms with Gasteiger partial charge in [-0.25, -0.2) is 9.97 Å². The molecule has 124 valence electrons. The summed E-state index contributed by atoms with van der Waals surface area (Å²) >= 11 is 0. The Bertz CT molecular complexity index is 780. The Morgan fingerprint density at radius 3 is 2.92 bits per heavy atom. The van der Waals surface area contributed by atoms with E-state index in [9.17, 15) is 0 Å². The van der Waals surface area contributed by atoms with E-state index in [0.717, 1.165) is 43.4 Å². The fraction of sp³-hybridized carbons (Fsp3) is 0.438. The highest BCUT2D eigenvalue weighted by Crippen LogP contribution is 2.28. The molecule has 1 aliphatic heterocycles. The van der Waals surface area contributed by atoms with Crippen LogP contribution >= 0.6 is 0 Å². The summed E-state index contributed by atoms with van der Waals surface area (Å²) in [5.41, 5.74) is 0. The average molecular weight is 324 g/mol. The van der Waals surface area contributed by atoms with Crippen LogP contribution in [0.4, 0.5) is 5.82 Å². The van der Waals surface area contributed by atoms with E-state index < -0.39 is 0 Å². The number of piperidine rings is 1. The second kappa shape index (κ2) is 6.38. The molecule has 0 radical (unpaired) electrons. The first-order valence-electron chi connectivity index (χ1n) is 8.16. The number of anilines is 1. The first-order chi connectivity index (χ1) is 11.8. The van der Waals surface area contributed by atoms with Crippen LogP contribution in [0.1, 0.15) is 30.4 Å². The van der Waals surface area contributed by atoms with E-state index in [2.05, 4.69) is 34.6 Å². The van der Waals surface area contributed by atoms with Crippen molar-refractivity contribution >= 4 is 5.82 Å². The third kappa shape index (κ3) is 2.86. The van der Waals surface area contributed by atoms with Gasteiger partial charge in [0.1, 0.15) is 11.6 Å². The van der Waals surface area contributed by atoms with Crippen molar-refractivity contribution in [3.05, 3.63) is 49.0 Å². The molecule has 0 aromatic carbocycles. The predicted molar refractivity (Wildman–Crippen MR) is 88.6 cm³/mol. The molecule has 8 heteroatoms. The van der Waals surface area contributed by atoms with Gasteiger partial charge in [-0.2, -0.15) is 0 Å². The Hall–Kier alpha value is -2.77. The second-order valence-corrected chi connectivity index (χ2v) is 6.12. The van der Waals surface area contributed by atoms with Gasteiger partial charge in [0.15, 0.2) is 5.82 Å². The normalized spacial score (nSPS) is 18.0. The topological polar surface area (TPSA) is 77.5 Å². The summed E-state index contributed by atoms with van der Waals surface area (Å²) in [5.74, 6) is 3.27. The summed E-state index contributed by atoms with van der Waals surface area (Å²) in [5, 5.41) is 8.85. The van der Waals surface area contributed by atoms with Gasteiger partial charge in [-0.3, -0.25) is 4.98 Å². The number of hydrogen-bond donors (Lipinski definition) is 0. The highest BCUT2D eigenvalue weighted by atomic mass is 15.3. The van der Waals surface area contributed by atoms with Crippen molar-refractivity contribution in [2.75, 3.05) is 18.0 Å². The van der Waals surface area contributed by atoms with Crippen LogP contribution in [0.5, 0.6) is 0 Å². The lowest BCUT2D eigenvalue weighted by Gasteiger charge is -2.32. The molecule has 3 aromatic heterocycles. The number of nitrogens with zero attached hydrogens (tertiary/aromatic N) is 8. The Labute approximate surface area is 140 Å². The Balaban J connectivity index is 1.52. The van der Waals surface area contributed by atoms with Crippen molar-refractivity contribution < 1.29 is 0 Å². The minimum Gasteiger partial charge on any atom is -0.355 e. The molecule has 1 saturated heterocycles. The number of aromatic nitrogens is 7. The van der Waals surface area contributed by atoms with Crippen LogP contribution < -0.4 is 4.90 Å². The molecule has 0 saturated carbocycles.